The van der Waals surface area contributed by atoms with E-state index in [1.807, 2.05) is 0 Å². The molecule has 0 bridgehead atoms. The number of hydrogen-bond acceptors (Lipinski definition) is 6. The molecule has 1 aromatic carbocycles. The van der Waals surface area contributed by atoms with E-state index < -0.39 is 5.60 Å². The van der Waals surface area contributed by atoms with E-state index in [2.05, 4.69) is 53.0 Å². The third-order valence-electron chi connectivity index (χ3n) is 6.89. The van der Waals surface area contributed by atoms with Crippen LogP contribution in [0.4, 0.5) is 0 Å². The van der Waals surface area contributed by atoms with Crippen molar-refractivity contribution in [3.63, 3.8) is 0 Å². The van der Waals surface area contributed by atoms with Crippen molar-refractivity contribution in [3.8, 4) is 11.9 Å². The molecule has 4 rings (SSSR count). The fourth-order valence-electron chi connectivity index (χ4n) is 5.24. The average molecular weight is 412 g/mol. The normalized spacial score (nSPS) is 26.6. The SMILES string of the molecule is COc1ncc([C@@]2(O)CCC[C@H]3CN(Cc4ccc(C(C)C)cc4)C[C@H]32)c(OC)n1. The lowest BCUT2D eigenvalue weighted by Crippen LogP contribution is -2.43. The number of hydrogen-bond donors (Lipinski definition) is 1. The predicted octanol–water partition coefficient (Wildman–Crippen LogP) is 3.74. The minimum atomic E-state index is -0.975. The molecular formula is C24H33N3O3. The van der Waals surface area contributed by atoms with E-state index in [-0.39, 0.29) is 11.9 Å². The van der Waals surface area contributed by atoms with Gasteiger partial charge in [-0.15, -0.1) is 0 Å². The summed E-state index contributed by atoms with van der Waals surface area (Å²) in [6, 6.07) is 9.20. The molecule has 162 valence electrons. The summed E-state index contributed by atoms with van der Waals surface area (Å²) in [5, 5.41) is 11.8. The molecule has 1 aromatic heterocycles. The number of benzene rings is 1. The third kappa shape index (κ3) is 3.91. The van der Waals surface area contributed by atoms with Crippen molar-refractivity contribution in [2.45, 2.75) is 51.2 Å². The summed E-state index contributed by atoms with van der Waals surface area (Å²) >= 11 is 0. The number of aromatic nitrogens is 2. The number of nitrogens with zero attached hydrogens (tertiary/aromatic N) is 3. The van der Waals surface area contributed by atoms with Gasteiger partial charge in [-0.1, -0.05) is 38.1 Å². The van der Waals surface area contributed by atoms with Crippen molar-refractivity contribution in [2.24, 2.45) is 11.8 Å². The molecule has 0 radical (unpaired) electrons. The van der Waals surface area contributed by atoms with Crippen molar-refractivity contribution in [3.05, 3.63) is 47.2 Å². The van der Waals surface area contributed by atoms with E-state index in [0.29, 0.717) is 29.7 Å². The maximum Gasteiger partial charge on any atom is 0.319 e. The average Bonchev–Trinajstić information content (AvgIpc) is 3.17. The van der Waals surface area contributed by atoms with E-state index in [1.165, 1.54) is 18.2 Å². The van der Waals surface area contributed by atoms with Crippen LogP contribution >= 0.6 is 0 Å². The molecule has 1 aliphatic carbocycles. The van der Waals surface area contributed by atoms with Gasteiger partial charge in [-0.05, 0) is 42.2 Å². The maximum atomic E-state index is 11.8. The summed E-state index contributed by atoms with van der Waals surface area (Å²) in [5.74, 6) is 1.57. The minimum Gasteiger partial charge on any atom is -0.481 e. The molecular weight excluding hydrogens is 378 g/mol. The van der Waals surface area contributed by atoms with Gasteiger partial charge in [-0.3, -0.25) is 4.90 Å². The lowest BCUT2D eigenvalue weighted by molar-refractivity contribution is -0.0669. The van der Waals surface area contributed by atoms with E-state index in [0.717, 1.165) is 32.5 Å². The molecule has 0 amide bonds. The highest BCUT2D eigenvalue weighted by Gasteiger charge is 2.51. The Balaban J connectivity index is 1.54. The Kier molecular flexibility index (Phi) is 5.98. The Bertz CT molecular complexity index is 870. The van der Waals surface area contributed by atoms with E-state index >= 15 is 0 Å². The number of aliphatic hydroxyl groups is 1. The summed E-state index contributed by atoms with van der Waals surface area (Å²) in [6.07, 6.45) is 4.52. The monoisotopic (exact) mass is 411 g/mol. The first-order valence-corrected chi connectivity index (χ1v) is 10.9. The number of ether oxygens (including phenoxy) is 2. The van der Waals surface area contributed by atoms with Crippen molar-refractivity contribution in [1.29, 1.82) is 0 Å². The van der Waals surface area contributed by atoms with Crippen molar-refractivity contribution in [2.75, 3.05) is 27.3 Å². The van der Waals surface area contributed by atoms with Crippen molar-refractivity contribution >= 4 is 0 Å². The molecule has 1 saturated carbocycles. The molecule has 3 atom stereocenters. The van der Waals surface area contributed by atoms with Crippen LogP contribution in [-0.2, 0) is 12.1 Å². The van der Waals surface area contributed by atoms with Crippen LogP contribution in [0.3, 0.4) is 0 Å². The molecule has 0 spiro atoms. The second-order valence-corrected chi connectivity index (χ2v) is 9.05. The topological polar surface area (TPSA) is 67.7 Å². The highest BCUT2D eigenvalue weighted by molar-refractivity contribution is 5.33. The first kappa shape index (κ1) is 21.1. The molecule has 1 aliphatic heterocycles. The van der Waals surface area contributed by atoms with Crippen LogP contribution in [0.1, 0.15) is 55.7 Å². The van der Waals surface area contributed by atoms with E-state index in [9.17, 15) is 5.11 Å². The number of likely N-dealkylation sites (tertiary alicyclic amines) is 1. The maximum absolute atomic E-state index is 11.8. The Morgan fingerprint density at radius 3 is 2.60 bits per heavy atom. The van der Waals surface area contributed by atoms with Gasteiger partial charge >= 0.3 is 6.01 Å². The fraction of sp³-hybridized carbons (Fsp3) is 0.583. The van der Waals surface area contributed by atoms with Crippen molar-refractivity contribution in [1.82, 2.24) is 14.9 Å². The van der Waals surface area contributed by atoms with Crippen LogP contribution < -0.4 is 9.47 Å². The molecule has 6 nitrogen and oxygen atoms in total. The molecule has 6 heteroatoms. The van der Waals surface area contributed by atoms with Gasteiger partial charge < -0.3 is 14.6 Å². The van der Waals surface area contributed by atoms with Crippen LogP contribution in [0.2, 0.25) is 0 Å². The largest absolute Gasteiger partial charge is 0.481 e. The first-order valence-electron chi connectivity index (χ1n) is 10.9. The van der Waals surface area contributed by atoms with Crippen LogP contribution in [0, 0.1) is 11.8 Å². The lowest BCUT2D eigenvalue weighted by atomic mass is 9.68. The summed E-state index contributed by atoms with van der Waals surface area (Å²) < 4.78 is 10.6. The second-order valence-electron chi connectivity index (χ2n) is 9.05. The van der Waals surface area contributed by atoms with Gasteiger partial charge in [-0.25, -0.2) is 4.98 Å². The standard InChI is InChI=1S/C24H33N3O3/c1-16(2)18-9-7-17(8-10-18)13-27-14-19-6-5-11-24(28,21(19)15-27)20-12-25-23(30-4)26-22(20)29-3/h7-10,12,16,19,21,28H,5-6,11,13-15H2,1-4H3/t19-,21+,24-/m0/s1. The van der Waals surface area contributed by atoms with Gasteiger partial charge in [-0.2, -0.15) is 4.98 Å². The molecule has 2 aliphatic rings. The first-order chi connectivity index (χ1) is 14.4. The molecule has 0 unspecified atom stereocenters. The zero-order valence-electron chi connectivity index (χ0n) is 18.5. The quantitative estimate of drug-likeness (QED) is 0.781. The molecule has 2 heterocycles. The van der Waals surface area contributed by atoms with Gasteiger partial charge in [0.15, 0.2) is 0 Å². The predicted molar refractivity (Wildman–Crippen MR) is 116 cm³/mol. The van der Waals surface area contributed by atoms with Crippen LogP contribution in [-0.4, -0.2) is 47.3 Å². The zero-order valence-corrected chi connectivity index (χ0v) is 18.5. The number of methoxy groups -OCH3 is 2. The fourth-order valence-corrected chi connectivity index (χ4v) is 5.24. The highest BCUT2D eigenvalue weighted by Crippen LogP contribution is 2.50. The third-order valence-corrected chi connectivity index (χ3v) is 6.89. The lowest BCUT2D eigenvalue weighted by Gasteiger charge is -2.41. The molecule has 1 saturated heterocycles. The summed E-state index contributed by atoms with van der Waals surface area (Å²) in [5.41, 5.74) is 2.40. The smallest absolute Gasteiger partial charge is 0.319 e. The Morgan fingerprint density at radius 2 is 1.93 bits per heavy atom. The van der Waals surface area contributed by atoms with Crippen LogP contribution in [0.25, 0.3) is 0 Å². The van der Waals surface area contributed by atoms with E-state index in [4.69, 9.17) is 9.47 Å². The molecule has 2 fully saturated rings. The van der Waals surface area contributed by atoms with Crippen LogP contribution in [0.15, 0.2) is 30.5 Å². The minimum absolute atomic E-state index is 0.145. The number of rotatable bonds is 6. The molecule has 30 heavy (non-hydrogen) atoms. The van der Waals surface area contributed by atoms with Gasteiger partial charge in [0.25, 0.3) is 0 Å². The highest BCUT2D eigenvalue weighted by atomic mass is 16.5. The Morgan fingerprint density at radius 1 is 1.17 bits per heavy atom. The van der Waals surface area contributed by atoms with Gasteiger partial charge in [0.05, 0.1) is 19.8 Å². The van der Waals surface area contributed by atoms with Gasteiger partial charge in [0.2, 0.25) is 5.88 Å². The molecule has 2 aromatic rings. The Hall–Kier alpha value is -2.18. The molecule has 1 N–H and O–H groups in total. The van der Waals surface area contributed by atoms with E-state index in [1.54, 1.807) is 13.3 Å². The number of fused-ring (bicyclic) bond motifs is 1. The Labute approximate surface area is 179 Å². The summed E-state index contributed by atoms with van der Waals surface area (Å²) in [7, 11) is 3.11. The van der Waals surface area contributed by atoms with Crippen LogP contribution in [0.5, 0.6) is 11.9 Å². The second kappa shape index (κ2) is 8.52. The van der Waals surface area contributed by atoms with Gasteiger partial charge in [0, 0.05) is 31.7 Å². The summed E-state index contributed by atoms with van der Waals surface area (Å²) in [4.78, 5) is 11.1. The summed E-state index contributed by atoms with van der Waals surface area (Å²) in [6.45, 7) is 7.23. The zero-order chi connectivity index (χ0) is 21.3. The van der Waals surface area contributed by atoms with Gasteiger partial charge in [0.1, 0.15) is 5.60 Å². The van der Waals surface area contributed by atoms with Crippen molar-refractivity contribution < 1.29 is 14.6 Å².